The first-order valence-corrected chi connectivity index (χ1v) is 8.60. The van der Waals surface area contributed by atoms with Crippen molar-refractivity contribution in [2.24, 2.45) is 0 Å². The van der Waals surface area contributed by atoms with Crippen LogP contribution in [0.1, 0.15) is 23.0 Å². The van der Waals surface area contributed by atoms with Crippen molar-refractivity contribution in [3.05, 3.63) is 59.8 Å². The fourth-order valence-corrected chi connectivity index (χ4v) is 2.78. The minimum atomic E-state index is -0.322. The summed E-state index contributed by atoms with van der Waals surface area (Å²) in [7, 11) is 0. The number of carbonyl (C=O) groups excluding carboxylic acids is 1. The van der Waals surface area contributed by atoms with E-state index in [-0.39, 0.29) is 18.4 Å². The standard InChI is InChI=1S/C20H18N2O5/c1-2-24-16-6-4-3-5-14(16)11-21-20(23)15-10-18(27-22-15)13-7-8-17-19(9-13)26-12-25-17/h3-10H,2,11-12H2,1H3,(H,21,23). The second kappa shape index (κ2) is 7.41. The molecule has 7 heteroatoms. The molecular formula is C20H18N2O5. The van der Waals surface area contributed by atoms with Crippen molar-refractivity contribution in [2.75, 3.05) is 13.4 Å². The zero-order valence-electron chi connectivity index (χ0n) is 14.7. The molecule has 2 aromatic carbocycles. The molecule has 1 amide bonds. The molecule has 27 heavy (non-hydrogen) atoms. The van der Waals surface area contributed by atoms with Gasteiger partial charge in [0.05, 0.1) is 6.61 Å². The molecule has 138 valence electrons. The fourth-order valence-electron chi connectivity index (χ4n) is 2.78. The van der Waals surface area contributed by atoms with E-state index < -0.39 is 0 Å². The van der Waals surface area contributed by atoms with Crippen LogP contribution in [-0.4, -0.2) is 24.5 Å². The smallest absolute Gasteiger partial charge is 0.273 e. The number of nitrogens with zero attached hydrogens (tertiary/aromatic N) is 1. The molecule has 0 unspecified atom stereocenters. The predicted molar refractivity (Wildman–Crippen MR) is 96.8 cm³/mol. The van der Waals surface area contributed by atoms with Gasteiger partial charge >= 0.3 is 0 Å². The first-order chi connectivity index (χ1) is 13.2. The first kappa shape index (κ1) is 17.0. The van der Waals surface area contributed by atoms with Crippen molar-refractivity contribution in [1.29, 1.82) is 0 Å². The van der Waals surface area contributed by atoms with E-state index in [9.17, 15) is 4.79 Å². The maximum absolute atomic E-state index is 12.4. The molecule has 0 radical (unpaired) electrons. The van der Waals surface area contributed by atoms with Crippen LogP contribution in [0.25, 0.3) is 11.3 Å². The monoisotopic (exact) mass is 366 g/mol. The van der Waals surface area contributed by atoms with E-state index in [4.69, 9.17) is 18.7 Å². The molecule has 3 aromatic rings. The van der Waals surface area contributed by atoms with Crippen LogP contribution in [0.15, 0.2) is 53.1 Å². The first-order valence-electron chi connectivity index (χ1n) is 8.60. The molecule has 0 atom stereocenters. The number of ether oxygens (including phenoxy) is 3. The lowest BCUT2D eigenvalue weighted by atomic mass is 10.1. The molecule has 0 fully saturated rings. The van der Waals surface area contributed by atoms with E-state index in [1.807, 2.05) is 37.3 Å². The van der Waals surface area contributed by atoms with Crippen LogP contribution >= 0.6 is 0 Å². The Morgan fingerprint density at radius 3 is 2.89 bits per heavy atom. The summed E-state index contributed by atoms with van der Waals surface area (Å²) >= 11 is 0. The molecule has 1 N–H and O–H groups in total. The molecule has 1 aromatic heterocycles. The molecule has 0 saturated carbocycles. The van der Waals surface area contributed by atoms with E-state index in [2.05, 4.69) is 10.5 Å². The number of para-hydroxylation sites is 1. The zero-order chi connectivity index (χ0) is 18.6. The number of amides is 1. The van der Waals surface area contributed by atoms with Crippen molar-refractivity contribution in [1.82, 2.24) is 10.5 Å². The second-order valence-electron chi connectivity index (χ2n) is 5.87. The van der Waals surface area contributed by atoms with Crippen molar-refractivity contribution < 1.29 is 23.5 Å². The molecule has 4 rings (SSSR count). The van der Waals surface area contributed by atoms with Gasteiger partial charge in [0.15, 0.2) is 23.0 Å². The Balaban J connectivity index is 1.45. The SMILES string of the molecule is CCOc1ccccc1CNC(=O)c1cc(-c2ccc3c(c2)OCO3)on1. The summed E-state index contributed by atoms with van der Waals surface area (Å²) in [5.41, 5.74) is 1.86. The normalized spacial score (nSPS) is 12.0. The van der Waals surface area contributed by atoms with Crippen LogP contribution in [0.4, 0.5) is 0 Å². The van der Waals surface area contributed by atoms with Gasteiger partial charge in [-0.1, -0.05) is 23.4 Å². The molecule has 0 spiro atoms. The molecule has 1 aliphatic heterocycles. The number of fused-ring (bicyclic) bond motifs is 1. The van der Waals surface area contributed by atoms with Gasteiger partial charge in [-0.15, -0.1) is 0 Å². The highest BCUT2D eigenvalue weighted by Gasteiger charge is 2.18. The largest absolute Gasteiger partial charge is 0.494 e. The van der Waals surface area contributed by atoms with Gasteiger partial charge in [0, 0.05) is 23.7 Å². The third kappa shape index (κ3) is 3.57. The maximum Gasteiger partial charge on any atom is 0.273 e. The summed E-state index contributed by atoms with van der Waals surface area (Å²) in [6.07, 6.45) is 0. The average molecular weight is 366 g/mol. The summed E-state index contributed by atoms with van der Waals surface area (Å²) in [5, 5.41) is 6.70. The quantitative estimate of drug-likeness (QED) is 0.720. The van der Waals surface area contributed by atoms with Gasteiger partial charge in [0.25, 0.3) is 5.91 Å². The lowest BCUT2D eigenvalue weighted by Crippen LogP contribution is -2.23. The van der Waals surface area contributed by atoms with Gasteiger partial charge in [-0.3, -0.25) is 4.79 Å². The Morgan fingerprint density at radius 1 is 1.15 bits per heavy atom. The predicted octanol–water partition coefficient (Wildman–Crippen LogP) is 3.40. The number of rotatable bonds is 6. The molecule has 2 heterocycles. The van der Waals surface area contributed by atoms with Crippen LogP contribution in [0, 0.1) is 0 Å². The Kier molecular flexibility index (Phi) is 4.65. The van der Waals surface area contributed by atoms with Crippen LogP contribution in [0.2, 0.25) is 0 Å². The zero-order valence-corrected chi connectivity index (χ0v) is 14.7. The summed E-state index contributed by atoms with van der Waals surface area (Å²) in [4.78, 5) is 12.4. The minimum absolute atomic E-state index is 0.200. The number of carbonyl (C=O) groups is 1. The number of hydrogen-bond acceptors (Lipinski definition) is 6. The molecular weight excluding hydrogens is 348 g/mol. The number of nitrogens with one attached hydrogen (secondary N) is 1. The van der Waals surface area contributed by atoms with Crippen molar-refractivity contribution in [3.63, 3.8) is 0 Å². The van der Waals surface area contributed by atoms with Gasteiger partial charge in [0.1, 0.15) is 5.75 Å². The van der Waals surface area contributed by atoms with Crippen molar-refractivity contribution in [2.45, 2.75) is 13.5 Å². The average Bonchev–Trinajstić information content (AvgIpc) is 3.36. The summed E-state index contributed by atoms with van der Waals surface area (Å²) in [5.74, 6) is 2.23. The third-order valence-electron chi connectivity index (χ3n) is 4.11. The molecule has 7 nitrogen and oxygen atoms in total. The van der Waals surface area contributed by atoms with Gasteiger partial charge in [-0.05, 0) is 31.2 Å². The van der Waals surface area contributed by atoms with Crippen LogP contribution in [-0.2, 0) is 6.54 Å². The minimum Gasteiger partial charge on any atom is -0.494 e. The third-order valence-corrected chi connectivity index (χ3v) is 4.11. The number of aromatic nitrogens is 1. The van der Waals surface area contributed by atoms with E-state index in [0.717, 1.165) is 16.9 Å². The summed E-state index contributed by atoms with van der Waals surface area (Å²) in [6.45, 7) is 3.02. The highest BCUT2D eigenvalue weighted by Crippen LogP contribution is 2.36. The second-order valence-corrected chi connectivity index (χ2v) is 5.87. The molecule has 0 aliphatic carbocycles. The molecule has 0 saturated heterocycles. The maximum atomic E-state index is 12.4. The fraction of sp³-hybridized carbons (Fsp3) is 0.200. The Morgan fingerprint density at radius 2 is 2.00 bits per heavy atom. The van der Waals surface area contributed by atoms with Crippen LogP contribution in [0.5, 0.6) is 17.2 Å². The Bertz CT molecular complexity index is 967. The lowest BCUT2D eigenvalue weighted by molar-refractivity contribution is 0.0941. The number of hydrogen-bond donors (Lipinski definition) is 1. The van der Waals surface area contributed by atoms with E-state index in [1.54, 1.807) is 18.2 Å². The molecule has 1 aliphatic rings. The van der Waals surface area contributed by atoms with E-state index in [0.29, 0.717) is 30.4 Å². The van der Waals surface area contributed by atoms with E-state index in [1.165, 1.54) is 0 Å². The van der Waals surface area contributed by atoms with E-state index >= 15 is 0 Å². The Labute approximate surface area is 155 Å². The van der Waals surface area contributed by atoms with Crippen molar-refractivity contribution in [3.8, 4) is 28.6 Å². The van der Waals surface area contributed by atoms with Gasteiger partial charge in [-0.25, -0.2) is 0 Å². The number of benzene rings is 2. The Hall–Kier alpha value is -3.48. The van der Waals surface area contributed by atoms with Crippen molar-refractivity contribution >= 4 is 5.91 Å². The highest BCUT2D eigenvalue weighted by molar-refractivity contribution is 5.93. The lowest BCUT2D eigenvalue weighted by Gasteiger charge is -2.10. The van der Waals surface area contributed by atoms with Crippen LogP contribution < -0.4 is 19.5 Å². The summed E-state index contributed by atoms with van der Waals surface area (Å²) in [6, 6.07) is 14.6. The van der Waals surface area contributed by atoms with Gasteiger partial charge in [0.2, 0.25) is 6.79 Å². The van der Waals surface area contributed by atoms with Gasteiger partial charge in [-0.2, -0.15) is 0 Å². The molecule has 0 bridgehead atoms. The highest BCUT2D eigenvalue weighted by atomic mass is 16.7. The topological polar surface area (TPSA) is 82.8 Å². The summed E-state index contributed by atoms with van der Waals surface area (Å²) < 4.78 is 21.5. The van der Waals surface area contributed by atoms with Crippen LogP contribution in [0.3, 0.4) is 0 Å². The van der Waals surface area contributed by atoms with Gasteiger partial charge < -0.3 is 24.1 Å².